The van der Waals surface area contributed by atoms with E-state index in [9.17, 15) is 0 Å². The zero-order valence-corrected chi connectivity index (χ0v) is 8.55. The van der Waals surface area contributed by atoms with Crippen molar-refractivity contribution in [3.05, 3.63) is 0 Å². The minimum Gasteiger partial charge on any atom is -0.382 e. The number of nitrogens with zero attached hydrogens (tertiary/aromatic N) is 1. The average molecular weight is 174 g/mol. The molecule has 12 heavy (non-hydrogen) atoms. The molecule has 0 rings (SSSR count). The normalized spacial score (nSPS) is 13.8. The highest BCUT2D eigenvalue weighted by atomic mass is 16.5. The van der Waals surface area contributed by atoms with E-state index < -0.39 is 0 Å². The Morgan fingerprint density at radius 2 is 2.17 bits per heavy atom. The lowest BCUT2D eigenvalue weighted by Gasteiger charge is -2.18. The molecule has 0 aliphatic rings. The molecule has 0 amide bonds. The summed E-state index contributed by atoms with van der Waals surface area (Å²) in [5.74, 6) is 0. The van der Waals surface area contributed by atoms with Gasteiger partial charge < -0.3 is 15.4 Å². The Balaban J connectivity index is 3.14. The minimum absolute atomic E-state index is 0.266. The number of ether oxygens (including phenoxy) is 1. The molecule has 0 aliphatic heterocycles. The molecule has 2 N–H and O–H groups in total. The topological polar surface area (TPSA) is 38.5 Å². The van der Waals surface area contributed by atoms with Gasteiger partial charge in [0.05, 0.1) is 0 Å². The summed E-state index contributed by atoms with van der Waals surface area (Å²) in [6.45, 7) is 7.76. The maximum absolute atomic E-state index is 5.65. The molecule has 3 heteroatoms. The summed E-state index contributed by atoms with van der Waals surface area (Å²) in [4.78, 5) is 2.24. The lowest BCUT2D eigenvalue weighted by molar-refractivity contribution is 0.135. The molecular weight excluding hydrogens is 152 g/mol. The van der Waals surface area contributed by atoms with Gasteiger partial charge in [0.1, 0.15) is 0 Å². The average Bonchev–Trinajstić information content (AvgIpc) is 1.97. The summed E-state index contributed by atoms with van der Waals surface area (Å²) in [5.41, 5.74) is 5.65. The summed E-state index contributed by atoms with van der Waals surface area (Å²) >= 11 is 0. The Hall–Kier alpha value is -0.120. The van der Waals surface area contributed by atoms with Crippen LogP contribution < -0.4 is 5.73 Å². The third-order valence-electron chi connectivity index (χ3n) is 1.63. The van der Waals surface area contributed by atoms with Gasteiger partial charge in [-0.1, -0.05) is 0 Å². The minimum atomic E-state index is 0.266. The van der Waals surface area contributed by atoms with E-state index in [1.807, 2.05) is 13.8 Å². The Bertz CT molecular complexity index is 96.5. The van der Waals surface area contributed by atoms with Crippen molar-refractivity contribution in [2.75, 3.05) is 33.4 Å². The van der Waals surface area contributed by atoms with Gasteiger partial charge in [0.2, 0.25) is 0 Å². The number of hydrogen-bond acceptors (Lipinski definition) is 3. The molecule has 0 saturated heterocycles. The molecule has 0 bridgehead atoms. The highest BCUT2D eigenvalue weighted by Gasteiger charge is 2.00. The van der Waals surface area contributed by atoms with Crippen LogP contribution in [0, 0.1) is 0 Å². The molecule has 1 unspecified atom stereocenters. The molecular formula is C9H22N2O. The van der Waals surface area contributed by atoms with Crippen LogP contribution in [0.5, 0.6) is 0 Å². The molecule has 0 spiro atoms. The van der Waals surface area contributed by atoms with Crippen LogP contribution >= 0.6 is 0 Å². The first-order chi connectivity index (χ1) is 5.66. The van der Waals surface area contributed by atoms with E-state index in [0.29, 0.717) is 0 Å². The second-order valence-corrected chi connectivity index (χ2v) is 3.29. The van der Waals surface area contributed by atoms with Crippen molar-refractivity contribution < 1.29 is 4.74 Å². The zero-order chi connectivity index (χ0) is 9.40. The van der Waals surface area contributed by atoms with Crippen LogP contribution in [0.15, 0.2) is 0 Å². The van der Waals surface area contributed by atoms with E-state index in [2.05, 4.69) is 11.9 Å². The molecule has 0 aromatic heterocycles. The molecule has 0 aromatic carbocycles. The van der Waals surface area contributed by atoms with Crippen LogP contribution in [0.25, 0.3) is 0 Å². The quantitative estimate of drug-likeness (QED) is 0.577. The molecule has 0 saturated carbocycles. The third-order valence-corrected chi connectivity index (χ3v) is 1.63. The number of rotatable bonds is 7. The van der Waals surface area contributed by atoms with Crippen molar-refractivity contribution in [3.63, 3.8) is 0 Å². The summed E-state index contributed by atoms with van der Waals surface area (Å²) < 4.78 is 5.23. The fraction of sp³-hybridized carbons (Fsp3) is 1.00. The van der Waals surface area contributed by atoms with Crippen LogP contribution in [0.2, 0.25) is 0 Å². The van der Waals surface area contributed by atoms with E-state index in [0.717, 1.165) is 32.7 Å². The summed E-state index contributed by atoms with van der Waals surface area (Å²) in [7, 11) is 2.09. The maximum atomic E-state index is 5.65. The molecule has 3 nitrogen and oxygen atoms in total. The highest BCUT2D eigenvalue weighted by molar-refractivity contribution is 4.59. The number of likely N-dealkylation sites (N-methyl/N-ethyl adjacent to an activating group) is 1. The molecule has 1 atom stereocenters. The van der Waals surface area contributed by atoms with Gasteiger partial charge in [0.15, 0.2) is 0 Å². The van der Waals surface area contributed by atoms with Gasteiger partial charge in [-0.15, -0.1) is 0 Å². The van der Waals surface area contributed by atoms with Crippen molar-refractivity contribution in [2.24, 2.45) is 5.73 Å². The predicted octanol–water partition coefficient (Wildman–Crippen LogP) is 0.692. The second kappa shape index (κ2) is 7.53. The molecule has 0 heterocycles. The van der Waals surface area contributed by atoms with E-state index in [1.54, 1.807) is 0 Å². The Morgan fingerprint density at radius 1 is 1.50 bits per heavy atom. The van der Waals surface area contributed by atoms with Crippen molar-refractivity contribution >= 4 is 0 Å². The number of nitrogens with two attached hydrogens (primary N) is 1. The standard InChI is InChI=1S/C9H22N2O/c1-4-12-7-5-6-11(3)8-9(2)10/h9H,4-8,10H2,1-3H3. The first-order valence-electron chi connectivity index (χ1n) is 4.68. The zero-order valence-electron chi connectivity index (χ0n) is 8.55. The largest absolute Gasteiger partial charge is 0.382 e. The van der Waals surface area contributed by atoms with Gasteiger partial charge >= 0.3 is 0 Å². The summed E-state index contributed by atoms with van der Waals surface area (Å²) in [6, 6.07) is 0.266. The van der Waals surface area contributed by atoms with Gasteiger partial charge in [0, 0.05) is 32.3 Å². The van der Waals surface area contributed by atoms with Crippen LogP contribution in [-0.4, -0.2) is 44.3 Å². The van der Waals surface area contributed by atoms with Crippen LogP contribution in [0.1, 0.15) is 20.3 Å². The fourth-order valence-electron chi connectivity index (χ4n) is 1.16. The van der Waals surface area contributed by atoms with Gasteiger partial charge in [-0.05, 0) is 27.3 Å². The van der Waals surface area contributed by atoms with E-state index in [1.165, 1.54) is 0 Å². The number of hydrogen-bond donors (Lipinski definition) is 1. The lowest BCUT2D eigenvalue weighted by Crippen LogP contribution is -2.33. The second-order valence-electron chi connectivity index (χ2n) is 3.29. The Labute approximate surface area is 75.9 Å². The maximum Gasteiger partial charge on any atom is 0.0478 e. The van der Waals surface area contributed by atoms with Gasteiger partial charge in [-0.3, -0.25) is 0 Å². The van der Waals surface area contributed by atoms with Gasteiger partial charge in [-0.25, -0.2) is 0 Å². The SMILES string of the molecule is CCOCCCN(C)CC(C)N. The molecule has 0 aliphatic carbocycles. The van der Waals surface area contributed by atoms with Crippen LogP contribution in [0.3, 0.4) is 0 Å². The van der Waals surface area contributed by atoms with E-state index in [4.69, 9.17) is 10.5 Å². The smallest absolute Gasteiger partial charge is 0.0478 e. The lowest BCUT2D eigenvalue weighted by atomic mass is 10.3. The van der Waals surface area contributed by atoms with E-state index in [-0.39, 0.29) is 6.04 Å². The predicted molar refractivity (Wildman–Crippen MR) is 52.3 cm³/mol. The van der Waals surface area contributed by atoms with Gasteiger partial charge in [0.25, 0.3) is 0 Å². The van der Waals surface area contributed by atoms with Gasteiger partial charge in [-0.2, -0.15) is 0 Å². The summed E-state index contributed by atoms with van der Waals surface area (Å²) in [5, 5.41) is 0. The van der Waals surface area contributed by atoms with Crippen molar-refractivity contribution in [2.45, 2.75) is 26.3 Å². The van der Waals surface area contributed by atoms with E-state index >= 15 is 0 Å². The molecule has 0 fully saturated rings. The first kappa shape index (κ1) is 11.9. The molecule has 0 aromatic rings. The third kappa shape index (κ3) is 7.98. The van der Waals surface area contributed by atoms with Crippen LogP contribution in [0.4, 0.5) is 0 Å². The Kier molecular flexibility index (Phi) is 7.45. The Morgan fingerprint density at radius 3 is 2.67 bits per heavy atom. The van der Waals surface area contributed by atoms with Crippen molar-refractivity contribution in [1.29, 1.82) is 0 Å². The fourth-order valence-corrected chi connectivity index (χ4v) is 1.16. The molecule has 0 radical (unpaired) electrons. The molecule has 74 valence electrons. The highest BCUT2D eigenvalue weighted by Crippen LogP contribution is 1.90. The monoisotopic (exact) mass is 174 g/mol. The van der Waals surface area contributed by atoms with Crippen molar-refractivity contribution in [1.82, 2.24) is 4.90 Å². The first-order valence-corrected chi connectivity index (χ1v) is 4.68. The van der Waals surface area contributed by atoms with Crippen molar-refractivity contribution in [3.8, 4) is 0 Å². The summed E-state index contributed by atoms with van der Waals surface area (Å²) in [6.07, 6.45) is 1.09. The van der Waals surface area contributed by atoms with Crippen LogP contribution in [-0.2, 0) is 4.74 Å².